The summed E-state index contributed by atoms with van der Waals surface area (Å²) in [4.78, 5) is 11.6. The standard InChI is InChI=1S/C14H13NO/c16-14-7-3-4-8-15(14)10-12-9-11-5-1-2-6-13(11)12/h1-8,12H,9-10H2. The van der Waals surface area contributed by atoms with Gasteiger partial charge < -0.3 is 4.57 Å². The molecule has 1 aromatic carbocycles. The maximum atomic E-state index is 11.6. The molecular weight excluding hydrogens is 198 g/mol. The van der Waals surface area contributed by atoms with E-state index in [2.05, 4.69) is 24.3 Å². The summed E-state index contributed by atoms with van der Waals surface area (Å²) in [7, 11) is 0. The fourth-order valence-corrected chi connectivity index (χ4v) is 2.37. The van der Waals surface area contributed by atoms with Crippen LogP contribution in [0.5, 0.6) is 0 Å². The molecule has 0 aliphatic heterocycles. The topological polar surface area (TPSA) is 22.0 Å². The first-order valence-corrected chi connectivity index (χ1v) is 5.58. The van der Waals surface area contributed by atoms with Gasteiger partial charge in [-0.2, -0.15) is 0 Å². The molecule has 1 heterocycles. The number of aromatic nitrogens is 1. The second-order valence-corrected chi connectivity index (χ2v) is 4.29. The molecule has 0 bridgehead atoms. The Balaban J connectivity index is 1.85. The minimum atomic E-state index is 0.0897. The molecule has 16 heavy (non-hydrogen) atoms. The monoisotopic (exact) mass is 211 g/mol. The van der Waals surface area contributed by atoms with Crippen molar-refractivity contribution in [1.82, 2.24) is 4.57 Å². The number of rotatable bonds is 2. The number of benzene rings is 1. The van der Waals surface area contributed by atoms with Gasteiger partial charge in [0.05, 0.1) is 0 Å². The Morgan fingerprint density at radius 3 is 2.75 bits per heavy atom. The Bertz CT molecular complexity index is 571. The molecule has 0 radical (unpaired) electrons. The number of nitrogens with zero attached hydrogens (tertiary/aromatic N) is 1. The van der Waals surface area contributed by atoms with E-state index in [1.54, 1.807) is 16.7 Å². The molecule has 3 rings (SSSR count). The van der Waals surface area contributed by atoms with Crippen molar-refractivity contribution in [3.8, 4) is 0 Å². The van der Waals surface area contributed by atoms with Crippen LogP contribution in [0.3, 0.4) is 0 Å². The van der Waals surface area contributed by atoms with Crippen molar-refractivity contribution in [2.45, 2.75) is 18.9 Å². The molecular formula is C14H13NO. The van der Waals surface area contributed by atoms with E-state index in [4.69, 9.17) is 0 Å². The fraction of sp³-hybridized carbons (Fsp3) is 0.214. The van der Waals surface area contributed by atoms with E-state index >= 15 is 0 Å². The Labute approximate surface area is 94.2 Å². The van der Waals surface area contributed by atoms with Crippen molar-refractivity contribution in [1.29, 1.82) is 0 Å². The average Bonchev–Trinajstić information content (AvgIpc) is 2.28. The van der Waals surface area contributed by atoms with Gasteiger partial charge in [0, 0.05) is 24.7 Å². The zero-order valence-electron chi connectivity index (χ0n) is 8.97. The summed E-state index contributed by atoms with van der Waals surface area (Å²) in [5.74, 6) is 0.510. The van der Waals surface area contributed by atoms with Gasteiger partial charge in [0.1, 0.15) is 0 Å². The zero-order chi connectivity index (χ0) is 11.0. The van der Waals surface area contributed by atoms with Gasteiger partial charge in [-0.25, -0.2) is 0 Å². The lowest BCUT2D eigenvalue weighted by Crippen LogP contribution is -2.27. The third-order valence-corrected chi connectivity index (χ3v) is 3.28. The van der Waals surface area contributed by atoms with Gasteiger partial charge in [0.15, 0.2) is 0 Å². The van der Waals surface area contributed by atoms with E-state index in [1.807, 2.05) is 12.3 Å². The van der Waals surface area contributed by atoms with Crippen molar-refractivity contribution in [2.24, 2.45) is 0 Å². The van der Waals surface area contributed by atoms with Crippen LogP contribution in [0, 0.1) is 0 Å². The molecule has 0 spiro atoms. The molecule has 0 amide bonds. The lowest BCUT2D eigenvalue weighted by atomic mass is 9.77. The zero-order valence-corrected chi connectivity index (χ0v) is 8.97. The van der Waals surface area contributed by atoms with Gasteiger partial charge in [-0.3, -0.25) is 4.79 Å². The molecule has 0 fully saturated rings. The van der Waals surface area contributed by atoms with Crippen molar-refractivity contribution >= 4 is 0 Å². The molecule has 1 aliphatic rings. The van der Waals surface area contributed by atoms with Crippen LogP contribution in [0.2, 0.25) is 0 Å². The van der Waals surface area contributed by atoms with Crippen molar-refractivity contribution in [3.63, 3.8) is 0 Å². The first kappa shape index (κ1) is 9.40. The first-order valence-electron chi connectivity index (χ1n) is 5.58. The molecule has 0 saturated heterocycles. The van der Waals surface area contributed by atoms with E-state index in [0.717, 1.165) is 13.0 Å². The number of hydrogen-bond acceptors (Lipinski definition) is 1. The summed E-state index contributed by atoms with van der Waals surface area (Å²) in [6.07, 6.45) is 2.96. The smallest absolute Gasteiger partial charge is 0.250 e. The molecule has 2 nitrogen and oxygen atoms in total. The molecule has 1 unspecified atom stereocenters. The number of hydrogen-bond donors (Lipinski definition) is 0. The van der Waals surface area contributed by atoms with Crippen molar-refractivity contribution in [3.05, 3.63) is 70.1 Å². The normalized spacial score (nSPS) is 17.6. The van der Waals surface area contributed by atoms with E-state index in [-0.39, 0.29) is 5.56 Å². The summed E-state index contributed by atoms with van der Waals surface area (Å²) in [6, 6.07) is 13.8. The summed E-state index contributed by atoms with van der Waals surface area (Å²) in [5.41, 5.74) is 2.92. The summed E-state index contributed by atoms with van der Waals surface area (Å²) < 4.78 is 1.79. The third-order valence-electron chi connectivity index (χ3n) is 3.28. The lowest BCUT2D eigenvalue weighted by Gasteiger charge is -2.30. The van der Waals surface area contributed by atoms with Crippen LogP contribution in [-0.2, 0) is 13.0 Å². The van der Waals surface area contributed by atoms with Gasteiger partial charge in [-0.1, -0.05) is 30.3 Å². The second-order valence-electron chi connectivity index (χ2n) is 4.29. The van der Waals surface area contributed by atoms with Crippen LogP contribution in [-0.4, -0.2) is 4.57 Å². The number of fused-ring (bicyclic) bond motifs is 1. The molecule has 2 aromatic rings. The Morgan fingerprint density at radius 2 is 1.94 bits per heavy atom. The SMILES string of the molecule is O=c1ccccn1CC1Cc2ccccc21. The third kappa shape index (κ3) is 1.47. The molecule has 0 saturated carbocycles. The summed E-state index contributed by atoms with van der Waals surface area (Å²) >= 11 is 0. The lowest BCUT2D eigenvalue weighted by molar-refractivity contribution is 0.499. The minimum absolute atomic E-state index is 0.0897. The van der Waals surface area contributed by atoms with Crippen LogP contribution in [0.1, 0.15) is 17.0 Å². The van der Waals surface area contributed by atoms with Crippen LogP contribution in [0.15, 0.2) is 53.5 Å². The van der Waals surface area contributed by atoms with Gasteiger partial charge in [0.25, 0.3) is 5.56 Å². The fourth-order valence-electron chi connectivity index (χ4n) is 2.37. The van der Waals surface area contributed by atoms with E-state index in [0.29, 0.717) is 5.92 Å². The van der Waals surface area contributed by atoms with Crippen LogP contribution in [0.4, 0.5) is 0 Å². The quantitative estimate of drug-likeness (QED) is 0.746. The maximum absolute atomic E-state index is 11.6. The number of pyridine rings is 1. The predicted molar refractivity (Wildman–Crippen MR) is 63.6 cm³/mol. The van der Waals surface area contributed by atoms with Gasteiger partial charge >= 0.3 is 0 Å². The first-order chi connectivity index (χ1) is 7.84. The average molecular weight is 211 g/mol. The van der Waals surface area contributed by atoms with Crippen LogP contribution < -0.4 is 5.56 Å². The molecule has 1 atom stereocenters. The molecule has 2 heteroatoms. The van der Waals surface area contributed by atoms with Crippen LogP contribution >= 0.6 is 0 Å². The van der Waals surface area contributed by atoms with Crippen LogP contribution in [0.25, 0.3) is 0 Å². The highest BCUT2D eigenvalue weighted by atomic mass is 16.1. The molecule has 1 aliphatic carbocycles. The largest absolute Gasteiger partial charge is 0.315 e. The van der Waals surface area contributed by atoms with Crippen molar-refractivity contribution < 1.29 is 0 Å². The summed E-state index contributed by atoms with van der Waals surface area (Å²) in [5, 5.41) is 0. The molecule has 0 N–H and O–H groups in total. The van der Waals surface area contributed by atoms with Gasteiger partial charge in [-0.15, -0.1) is 0 Å². The highest BCUT2D eigenvalue weighted by Gasteiger charge is 2.25. The Hall–Kier alpha value is -1.83. The highest BCUT2D eigenvalue weighted by Crippen LogP contribution is 2.35. The minimum Gasteiger partial charge on any atom is -0.315 e. The Morgan fingerprint density at radius 1 is 1.12 bits per heavy atom. The van der Waals surface area contributed by atoms with E-state index in [9.17, 15) is 4.79 Å². The Kier molecular flexibility index (Phi) is 2.13. The van der Waals surface area contributed by atoms with E-state index in [1.165, 1.54) is 11.1 Å². The van der Waals surface area contributed by atoms with Crippen molar-refractivity contribution in [2.75, 3.05) is 0 Å². The van der Waals surface area contributed by atoms with E-state index < -0.39 is 0 Å². The molecule has 1 aromatic heterocycles. The molecule has 80 valence electrons. The van der Waals surface area contributed by atoms with Gasteiger partial charge in [-0.05, 0) is 23.6 Å². The highest BCUT2D eigenvalue weighted by molar-refractivity contribution is 5.39. The second kappa shape index (κ2) is 3.63. The summed E-state index contributed by atoms with van der Waals surface area (Å²) in [6.45, 7) is 0.802. The van der Waals surface area contributed by atoms with Gasteiger partial charge in [0.2, 0.25) is 0 Å². The predicted octanol–water partition coefficient (Wildman–Crippen LogP) is 2.19. The maximum Gasteiger partial charge on any atom is 0.250 e.